The first-order chi connectivity index (χ1) is 7.70. The molecule has 1 aromatic carbocycles. The molecular formula is C12H14BrNO2. The molecule has 0 saturated carbocycles. The van der Waals surface area contributed by atoms with Crippen molar-refractivity contribution >= 4 is 27.6 Å². The number of hydrogen-bond acceptors (Lipinski definition) is 3. The van der Waals surface area contributed by atoms with Crippen LogP contribution in [0.25, 0.3) is 0 Å². The summed E-state index contributed by atoms with van der Waals surface area (Å²) in [5.74, 6) is 0.181. The molecule has 1 aliphatic heterocycles. The number of rotatable bonds is 2. The van der Waals surface area contributed by atoms with Crippen LogP contribution in [0.1, 0.15) is 12.0 Å². The first-order valence-corrected chi connectivity index (χ1v) is 6.08. The van der Waals surface area contributed by atoms with E-state index in [1.165, 1.54) is 12.7 Å². The lowest BCUT2D eigenvalue weighted by atomic mass is 9.91. The first-order valence-electron chi connectivity index (χ1n) is 5.28. The van der Waals surface area contributed by atoms with Gasteiger partial charge in [-0.25, -0.2) is 0 Å². The van der Waals surface area contributed by atoms with Gasteiger partial charge in [0, 0.05) is 16.7 Å². The molecule has 0 amide bonds. The third-order valence-electron chi connectivity index (χ3n) is 2.88. The molecule has 0 spiro atoms. The Balaban J connectivity index is 2.11. The fraction of sp³-hybridized carbons (Fsp3) is 0.417. The van der Waals surface area contributed by atoms with Crippen LogP contribution in [0.2, 0.25) is 0 Å². The van der Waals surface area contributed by atoms with Crippen LogP contribution in [0, 0.1) is 5.92 Å². The van der Waals surface area contributed by atoms with Gasteiger partial charge in [0.2, 0.25) is 0 Å². The predicted molar refractivity (Wildman–Crippen MR) is 66.5 cm³/mol. The molecular weight excluding hydrogens is 270 g/mol. The van der Waals surface area contributed by atoms with Crippen LogP contribution < -0.4 is 5.32 Å². The van der Waals surface area contributed by atoms with E-state index < -0.39 is 0 Å². The maximum absolute atomic E-state index is 11.2. The van der Waals surface area contributed by atoms with E-state index in [1.54, 1.807) is 0 Å². The molecule has 16 heavy (non-hydrogen) atoms. The Hall–Kier alpha value is -1.03. The molecule has 1 heterocycles. The van der Waals surface area contributed by atoms with Gasteiger partial charge in [0.05, 0.1) is 13.5 Å². The maximum Gasteiger partial charge on any atom is 0.305 e. The molecule has 1 aromatic rings. The average Bonchev–Trinajstić information content (AvgIpc) is 2.30. The summed E-state index contributed by atoms with van der Waals surface area (Å²) in [4.78, 5) is 11.2. The highest BCUT2D eigenvalue weighted by Gasteiger charge is 2.22. The number of anilines is 1. The summed E-state index contributed by atoms with van der Waals surface area (Å²) in [7, 11) is 1.43. The highest BCUT2D eigenvalue weighted by Crippen LogP contribution is 2.31. The molecule has 1 aliphatic rings. The zero-order valence-electron chi connectivity index (χ0n) is 9.13. The summed E-state index contributed by atoms with van der Waals surface area (Å²) in [5.41, 5.74) is 2.41. The summed E-state index contributed by atoms with van der Waals surface area (Å²) >= 11 is 3.54. The van der Waals surface area contributed by atoms with E-state index in [0.29, 0.717) is 12.3 Å². The minimum absolute atomic E-state index is 0.137. The highest BCUT2D eigenvalue weighted by molar-refractivity contribution is 9.10. The number of halogens is 1. The van der Waals surface area contributed by atoms with E-state index in [1.807, 2.05) is 12.1 Å². The summed E-state index contributed by atoms with van der Waals surface area (Å²) < 4.78 is 5.80. The maximum atomic E-state index is 11.2. The van der Waals surface area contributed by atoms with Crippen LogP contribution in [-0.4, -0.2) is 19.6 Å². The molecule has 1 N–H and O–H groups in total. The zero-order chi connectivity index (χ0) is 11.5. The third kappa shape index (κ3) is 2.38. The third-order valence-corrected chi connectivity index (χ3v) is 3.62. The van der Waals surface area contributed by atoms with Crippen LogP contribution in [0.4, 0.5) is 5.69 Å². The van der Waals surface area contributed by atoms with Gasteiger partial charge < -0.3 is 10.1 Å². The molecule has 0 aliphatic carbocycles. The molecule has 0 saturated heterocycles. The Morgan fingerprint density at radius 2 is 2.44 bits per heavy atom. The second kappa shape index (κ2) is 4.87. The van der Waals surface area contributed by atoms with Gasteiger partial charge in [0.25, 0.3) is 0 Å². The minimum Gasteiger partial charge on any atom is -0.469 e. The second-order valence-electron chi connectivity index (χ2n) is 4.00. The standard InChI is InChI=1S/C12H14BrNO2/c1-16-12(15)6-8-5-9-10(13)3-2-4-11(9)14-7-8/h2-4,8,14H,5-7H2,1H3. The van der Waals surface area contributed by atoms with Crippen molar-refractivity contribution in [1.82, 2.24) is 0 Å². The molecule has 1 atom stereocenters. The van der Waals surface area contributed by atoms with E-state index in [4.69, 9.17) is 4.74 Å². The van der Waals surface area contributed by atoms with Crippen LogP contribution in [0.5, 0.6) is 0 Å². The first kappa shape index (κ1) is 11.5. The molecule has 0 fully saturated rings. The van der Waals surface area contributed by atoms with Crippen molar-refractivity contribution in [3.63, 3.8) is 0 Å². The van der Waals surface area contributed by atoms with Gasteiger partial charge in [-0.15, -0.1) is 0 Å². The Morgan fingerprint density at radius 1 is 1.62 bits per heavy atom. The highest BCUT2D eigenvalue weighted by atomic mass is 79.9. The molecule has 86 valence electrons. The summed E-state index contributed by atoms with van der Waals surface area (Å²) in [5, 5.41) is 3.35. The Morgan fingerprint density at radius 3 is 3.19 bits per heavy atom. The number of fused-ring (bicyclic) bond motifs is 1. The van der Waals surface area contributed by atoms with Crippen molar-refractivity contribution in [3.8, 4) is 0 Å². The molecule has 0 bridgehead atoms. The lowest BCUT2D eigenvalue weighted by Gasteiger charge is -2.26. The van der Waals surface area contributed by atoms with E-state index in [-0.39, 0.29) is 5.97 Å². The van der Waals surface area contributed by atoms with Crippen molar-refractivity contribution in [2.24, 2.45) is 5.92 Å². The quantitative estimate of drug-likeness (QED) is 0.848. The lowest BCUT2D eigenvalue weighted by Crippen LogP contribution is -2.26. The monoisotopic (exact) mass is 283 g/mol. The topological polar surface area (TPSA) is 38.3 Å². The number of benzene rings is 1. The molecule has 2 rings (SSSR count). The number of methoxy groups -OCH3 is 1. The zero-order valence-corrected chi connectivity index (χ0v) is 10.7. The summed E-state index contributed by atoms with van der Waals surface area (Å²) in [6.45, 7) is 0.832. The van der Waals surface area contributed by atoms with Crippen molar-refractivity contribution in [3.05, 3.63) is 28.2 Å². The molecule has 3 nitrogen and oxygen atoms in total. The Bertz CT molecular complexity index is 406. The molecule has 0 aromatic heterocycles. The van der Waals surface area contributed by atoms with Gasteiger partial charge in [-0.3, -0.25) is 4.79 Å². The largest absolute Gasteiger partial charge is 0.469 e. The molecule has 4 heteroatoms. The number of carbonyl (C=O) groups excluding carboxylic acids is 1. The Labute approximate surface area is 103 Å². The number of hydrogen-bond donors (Lipinski definition) is 1. The van der Waals surface area contributed by atoms with Crippen LogP contribution in [0.3, 0.4) is 0 Å². The van der Waals surface area contributed by atoms with Crippen LogP contribution in [-0.2, 0) is 16.0 Å². The number of carbonyl (C=O) groups is 1. The normalized spacial score (nSPS) is 18.5. The smallest absolute Gasteiger partial charge is 0.305 e. The van der Waals surface area contributed by atoms with Gasteiger partial charge in [0.15, 0.2) is 0 Å². The fourth-order valence-corrected chi connectivity index (χ4v) is 2.54. The van der Waals surface area contributed by atoms with Gasteiger partial charge in [-0.1, -0.05) is 22.0 Å². The minimum atomic E-state index is -0.137. The van der Waals surface area contributed by atoms with E-state index in [2.05, 4.69) is 27.3 Å². The fourth-order valence-electron chi connectivity index (χ4n) is 2.01. The van der Waals surface area contributed by atoms with Crippen molar-refractivity contribution in [2.75, 3.05) is 19.0 Å². The van der Waals surface area contributed by atoms with Crippen LogP contribution in [0.15, 0.2) is 22.7 Å². The molecule has 1 unspecified atom stereocenters. The van der Waals surface area contributed by atoms with Crippen molar-refractivity contribution in [1.29, 1.82) is 0 Å². The number of ether oxygens (including phenoxy) is 1. The van der Waals surface area contributed by atoms with Crippen molar-refractivity contribution < 1.29 is 9.53 Å². The van der Waals surface area contributed by atoms with Crippen molar-refractivity contribution in [2.45, 2.75) is 12.8 Å². The van der Waals surface area contributed by atoms with Gasteiger partial charge in [0.1, 0.15) is 0 Å². The van der Waals surface area contributed by atoms with Gasteiger partial charge in [-0.05, 0) is 30.0 Å². The summed E-state index contributed by atoms with van der Waals surface area (Å²) in [6.07, 6.45) is 1.39. The van der Waals surface area contributed by atoms with Crippen LogP contribution >= 0.6 is 15.9 Å². The molecule has 0 radical (unpaired) electrons. The van der Waals surface area contributed by atoms with E-state index >= 15 is 0 Å². The predicted octanol–water partition coefficient (Wildman–Crippen LogP) is 2.60. The average molecular weight is 284 g/mol. The van der Waals surface area contributed by atoms with Gasteiger partial charge >= 0.3 is 5.97 Å². The lowest BCUT2D eigenvalue weighted by molar-refractivity contribution is -0.141. The van der Waals surface area contributed by atoms with Gasteiger partial charge in [-0.2, -0.15) is 0 Å². The second-order valence-corrected chi connectivity index (χ2v) is 4.85. The van der Waals surface area contributed by atoms with E-state index in [9.17, 15) is 4.79 Å². The number of esters is 1. The summed E-state index contributed by atoms with van der Waals surface area (Å²) in [6, 6.07) is 6.10. The van der Waals surface area contributed by atoms with E-state index in [0.717, 1.165) is 23.1 Å². The Kier molecular flexibility index (Phi) is 3.49. The SMILES string of the molecule is COC(=O)CC1CNc2cccc(Br)c2C1. The number of nitrogens with one attached hydrogen (secondary N) is 1.